The molecule has 1 aromatic rings. The average Bonchev–Trinajstić information content (AvgIpc) is 2.65. The van der Waals surface area contributed by atoms with E-state index in [0.29, 0.717) is 16.0 Å². The molecule has 1 unspecified atom stereocenters. The van der Waals surface area contributed by atoms with Gasteiger partial charge in [-0.1, -0.05) is 17.7 Å². The number of primary amides is 1. The molecular weight excluding hydrogens is 410 g/mol. The van der Waals surface area contributed by atoms with Gasteiger partial charge in [-0.15, -0.1) is 0 Å². The number of rotatable bonds is 7. The van der Waals surface area contributed by atoms with E-state index in [1.165, 1.54) is 16.1 Å². The molecule has 0 aromatic heterocycles. The van der Waals surface area contributed by atoms with Gasteiger partial charge in [0, 0.05) is 32.6 Å². The lowest BCUT2D eigenvalue weighted by atomic mass is 10.1. The summed E-state index contributed by atoms with van der Waals surface area (Å²) in [6.45, 7) is 7.71. The van der Waals surface area contributed by atoms with E-state index in [0.717, 1.165) is 5.56 Å². The van der Waals surface area contributed by atoms with Gasteiger partial charge >= 0.3 is 5.97 Å². The molecule has 2 N–H and O–H groups in total. The van der Waals surface area contributed by atoms with Crippen LogP contribution < -0.4 is 5.73 Å². The number of benzene rings is 1. The van der Waals surface area contributed by atoms with Gasteiger partial charge < -0.3 is 15.4 Å². The Morgan fingerprint density at radius 1 is 1.03 bits per heavy atom. The van der Waals surface area contributed by atoms with Crippen LogP contribution in [0.15, 0.2) is 17.0 Å². The van der Waals surface area contributed by atoms with Crippen molar-refractivity contribution in [1.29, 1.82) is 0 Å². The van der Waals surface area contributed by atoms with Crippen LogP contribution in [0.5, 0.6) is 0 Å². The van der Waals surface area contributed by atoms with E-state index in [1.807, 2.05) is 19.1 Å². The highest BCUT2D eigenvalue weighted by molar-refractivity contribution is 7.89. The van der Waals surface area contributed by atoms with Crippen LogP contribution in [0.25, 0.3) is 0 Å². The van der Waals surface area contributed by atoms with Gasteiger partial charge in [0.05, 0.1) is 11.3 Å². The fraction of sp³-hybridized carbons (Fsp3) is 0.550. The third kappa shape index (κ3) is 5.57. The minimum atomic E-state index is -3.66. The molecular formula is C20H29N3O6S. The Balaban J connectivity index is 1.94. The van der Waals surface area contributed by atoms with E-state index >= 15 is 0 Å². The maximum Gasteiger partial charge on any atom is 0.307 e. The highest BCUT2D eigenvalue weighted by Crippen LogP contribution is 2.26. The van der Waals surface area contributed by atoms with E-state index < -0.39 is 28.0 Å². The van der Waals surface area contributed by atoms with Crippen LogP contribution in [0.2, 0.25) is 0 Å². The lowest BCUT2D eigenvalue weighted by Crippen LogP contribution is -2.50. The zero-order valence-electron chi connectivity index (χ0n) is 17.8. The number of nitrogens with zero attached hydrogens (tertiary/aromatic N) is 2. The van der Waals surface area contributed by atoms with Gasteiger partial charge in [-0.05, 0) is 38.8 Å². The van der Waals surface area contributed by atoms with Gasteiger partial charge in [0.15, 0.2) is 6.10 Å². The van der Waals surface area contributed by atoms with Crippen molar-refractivity contribution in [2.75, 3.05) is 26.2 Å². The van der Waals surface area contributed by atoms with Gasteiger partial charge in [0.2, 0.25) is 15.9 Å². The molecule has 2 amide bonds. The van der Waals surface area contributed by atoms with Crippen LogP contribution in [-0.4, -0.2) is 67.7 Å². The van der Waals surface area contributed by atoms with Gasteiger partial charge in [0.25, 0.3) is 5.91 Å². The molecule has 1 aromatic carbocycles. The Kier molecular flexibility index (Phi) is 7.59. The summed E-state index contributed by atoms with van der Waals surface area (Å²) in [5.74, 6) is -1.70. The summed E-state index contributed by atoms with van der Waals surface area (Å²) in [5, 5.41) is 0. The lowest BCUT2D eigenvalue weighted by molar-refractivity contribution is -0.154. The molecule has 0 saturated carbocycles. The number of carbonyl (C=O) groups is 3. The normalized spacial score (nSPS) is 16.2. The first-order chi connectivity index (χ1) is 13.9. The molecule has 166 valence electrons. The monoisotopic (exact) mass is 439 g/mol. The summed E-state index contributed by atoms with van der Waals surface area (Å²) in [5.41, 5.74) is 7.44. The summed E-state index contributed by atoms with van der Waals surface area (Å²) >= 11 is 0. The summed E-state index contributed by atoms with van der Waals surface area (Å²) in [6.07, 6.45) is -1.29. The number of piperazine rings is 1. The summed E-state index contributed by atoms with van der Waals surface area (Å²) in [4.78, 5) is 36.8. The number of carbonyl (C=O) groups excluding carboxylic acids is 3. The first kappa shape index (κ1) is 23.8. The molecule has 0 radical (unpaired) electrons. The largest absolute Gasteiger partial charge is 0.453 e. The molecule has 1 saturated heterocycles. The Bertz CT molecular complexity index is 913. The standard InChI is InChI=1S/C20H29N3O6S/c1-13-11-14(2)19(15(3)12-13)30(27,28)23-9-7-22(8-10-23)17(24)5-6-18(25)29-16(4)20(21)26/h11-12,16H,5-10H2,1-4H3,(H2,21,26). The second-order valence-electron chi connectivity index (χ2n) is 7.55. The smallest absolute Gasteiger partial charge is 0.307 e. The quantitative estimate of drug-likeness (QED) is 0.621. The molecule has 9 nitrogen and oxygen atoms in total. The topological polar surface area (TPSA) is 127 Å². The zero-order valence-corrected chi connectivity index (χ0v) is 18.6. The first-order valence-electron chi connectivity index (χ1n) is 9.78. The maximum absolute atomic E-state index is 13.1. The molecule has 30 heavy (non-hydrogen) atoms. The SMILES string of the molecule is Cc1cc(C)c(S(=O)(=O)N2CCN(C(=O)CCC(=O)OC(C)C(N)=O)CC2)c(C)c1. The molecule has 1 heterocycles. The molecule has 10 heteroatoms. The lowest BCUT2D eigenvalue weighted by Gasteiger charge is -2.34. The second kappa shape index (κ2) is 9.57. The van der Waals surface area contributed by atoms with Crippen LogP contribution in [0.3, 0.4) is 0 Å². The van der Waals surface area contributed by atoms with Crippen molar-refractivity contribution in [3.63, 3.8) is 0 Å². The Morgan fingerprint density at radius 2 is 1.57 bits per heavy atom. The van der Waals surface area contributed by atoms with E-state index in [4.69, 9.17) is 10.5 Å². The van der Waals surface area contributed by atoms with E-state index in [-0.39, 0.29) is 44.9 Å². The van der Waals surface area contributed by atoms with Gasteiger partial charge in [0.1, 0.15) is 0 Å². The number of ether oxygens (including phenoxy) is 1. The summed E-state index contributed by atoms with van der Waals surface area (Å²) in [6, 6.07) is 3.69. The molecule has 0 bridgehead atoms. The zero-order chi connectivity index (χ0) is 22.6. The number of amides is 2. The number of sulfonamides is 1. The maximum atomic E-state index is 13.1. The van der Waals surface area contributed by atoms with Crippen LogP contribution in [-0.2, 0) is 29.1 Å². The number of hydrogen-bond donors (Lipinski definition) is 1. The van der Waals surface area contributed by atoms with Crippen molar-refractivity contribution in [3.8, 4) is 0 Å². The van der Waals surface area contributed by atoms with E-state index in [1.54, 1.807) is 13.8 Å². The van der Waals surface area contributed by atoms with Crippen molar-refractivity contribution in [3.05, 3.63) is 28.8 Å². The van der Waals surface area contributed by atoms with Crippen molar-refractivity contribution < 1.29 is 27.5 Å². The molecule has 1 aliphatic heterocycles. The predicted molar refractivity (Wildman–Crippen MR) is 110 cm³/mol. The Morgan fingerprint density at radius 3 is 2.07 bits per heavy atom. The average molecular weight is 440 g/mol. The van der Waals surface area contributed by atoms with Crippen molar-refractivity contribution in [2.24, 2.45) is 5.73 Å². The van der Waals surface area contributed by atoms with Crippen LogP contribution in [0, 0.1) is 20.8 Å². The predicted octanol–water partition coefficient (Wildman–Crippen LogP) is 0.642. The third-order valence-corrected chi connectivity index (χ3v) is 7.25. The number of esters is 1. The highest BCUT2D eigenvalue weighted by atomic mass is 32.2. The minimum Gasteiger partial charge on any atom is -0.453 e. The second-order valence-corrected chi connectivity index (χ2v) is 9.42. The highest BCUT2D eigenvalue weighted by Gasteiger charge is 2.32. The number of hydrogen-bond acceptors (Lipinski definition) is 6. The van der Waals surface area contributed by atoms with Crippen LogP contribution >= 0.6 is 0 Å². The fourth-order valence-electron chi connectivity index (χ4n) is 3.56. The molecule has 0 aliphatic carbocycles. The summed E-state index contributed by atoms with van der Waals surface area (Å²) < 4.78 is 32.4. The molecule has 1 fully saturated rings. The van der Waals surface area contributed by atoms with Gasteiger partial charge in [-0.2, -0.15) is 4.31 Å². The molecule has 1 atom stereocenters. The van der Waals surface area contributed by atoms with E-state index in [2.05, 4.69) is 0 Å². The van der Waals surface area contributed by atoms with Crippen LogP contribution in [0.4, 0.5) is 0 Å². The van der Waals surface area contributed by atoms with Crippen molar-refractivity contribution in [1.82, 2.24) is 9.21 Å². The molecule has 1 aliphatic rings. The van der Waals surface area contributed by atoms with E-state index in [9.17, 15) is 22.8 Å². The fourth-order valence-corrected chi connectivity index (χ4v) is 5.40. The Labute approximate surface area is 177 Å². The minimum absolute atomic E-state index is 0.0761. The Hall–Kier alpha value is -2.46. The number of aryl methyl sites for hydroxylation is 3. The number of nitrogens with two attached hydrogens (primary N) is 1. The van der Waals surface area contributed by atoms with Crippen molar-refractivity contribution in [2.45, 2.75) is 51.5 Å². The van der Waals surface area contributed by atoms with Crippen LogP contribution in [0.1, 0.15) is 36.5 Å². The summed E-state index contributed by atoms with van der Waals surface area (Å²) in [7, 11) is -3.66. The molecule has 2 rings (SSSR count). The van der Waals surface area contributed by atoms with Gasteiger partial charge in [-0.25, -0.2) is 8.42 Å². The third-order valence-electron chi connectivity index (χ3n) is 5.05. The molecule has 0 spiro atoms. The van der Waals surface area contributed by atoms with Crippen molar-refractivity contribution >= 4 is 27.8 Å². The first-order valence-corrected chi connectivity index (χ1v) is 11.2. The van der Waals surface area contributed by atoms with Gasteiger partial charge in [-0.3, -0.25) is 14.4 Å².